The van der Waals surface area contributed by atoms with Crippen LogP contribution in [0.1, 0.15) is 18.4 Å². The highest BCUT2D eigenvalue weighted by Crippen LogP contribution is 2.26. The maximum Gasteiger partial charge on any atom is 0.130 e. The van der Waals surface area contributed by atoms with Crippen LogP contribution in [0, 0.1) is 11.3 Å². The molecule has 1 aromatic carbocycles. The van der Waals surface area contributed by atoms with E-state index in [-0.39, 0.29) is 6.04 Å². The SMILES string of the molecule is N#Cc1cc(N2CCC(N)CC2)nc2ccc(Br)cc12. The topological polar surface area (TPSA) is 65.9 Å². The predicted molar refractivity (Wildman–Crippen MR) is 83.6 cm³/mol. The summed E-state index contributed by atoms with van der Waals surface area (Å²) in [5.74, 6) is 0.878. The van der Waals surface area contributed by atoms with Crippen molar-refractivity contribution in [3.63, 3.8) is 0 Å². The fourth-order valence-electron chi connectivity index (χ4n) is 2.57. The third-order valence-electron chi connectivity index (χ3n) is 3.74. The smallest absolute Gasteiger partial charge is 0.130 e. The molecule has 0 aliphatic carbocycles. The van der Waals surface area contributed by atoms with Gasteiger partial charge in [-0.05, 0) is 37.1 Å². The molecule has 2 aromatic rings. The highest BCUT2D eigenvalue weighted by molar-refractivity contribution is 9.10. The van der Waals surface area contributed by atoms with E-state index in [1.807, 2.05) is 24.3 Å². The maximum atomic E-state index is 9.36. The van der Waals surface area contributed by atoms with E-state index in [9.17, 15) is 5.26 Å². The second kappa shape index (κ2) is 5.39. The Morgan fingerprint density at radius 3 is 2.75 bits per heavy atom. The molecule has 0 spiro atoms. The molecule has 1 aromatic heterocycles. The van der Waals surface area contributed by atoms with Crippen LogP contribution in [-0.4, -0.2) is 24.1 Å². The fraction of sp³-hybridized carbons (Fsp3) is 0.333. The Bertz CT molecular complexity index is 684. The summed E-state index contributed by atoms with van der Waals surface area (Å²) >= 11 is 3.44. The Morgan fingerprint density at radius 2 is 2.05 bits per heavy atom. The first-order valence-corrected chi connectivity index (χ1v) is 7.47. The normalized spacial score (nSPS) is 16.4. The summed E-state index contributed by atoms with van der Waals surface area (Å²) in [7, 11) is 0. The van der Waals surface area contributed by atoms with Gasteiger partial charge < -0.3 is 10.6 Å². The van der Waals surface area contributed by atoms with Crippen LogP contribution >= 0.6 is 15.9 Å². The second-order valence-electron chi connectivity index (χ2n) is 5.13. The van der Waals surface area contributed by atoms with Gasteiger partial charge in [0.05, 0.1) is 17.1 Å². The number of benzene rings is 1. The van der Waals surface area contributed by atoms with E-state index < -0.39 is 0 Å². The standard InChI is InChI=1S/C15H15BrN4/c16-11-1-2-14-13(8-11)10(9-17)7-15(19-14)20-5-3-12(18)4-6-20/h1-2,7-8,12H,3-6,18H2. The zero-order valence-corrected chi connectivity index (χ0v) is 12.6. The van der Waals surface area contributed by atoms with Crippen LogP contribution in [0.3, 0.4) is 0 Å². The molecule has 4 nitrogen and oxygen atoms in total. The van der Waals surface area contributed by atoms with Crippen LogP contribution in [0.4, 0.5) is 5.82 Å². The Kier molecular flexibility index (Phi) is 3.60. The summed E-state index contributed by atoms with van der Waals surface area (Å²) < 4.78 is 0.958. The number of hydrogen-bond acceptors (Lipinski definition) is 4. The van der Waals surface area contributed by atoms with Gasteiger partial charge in [-0.25, -0.2) is 4.98 Å². The highest BCUT2D eigenvalue weighted by Gasteiger charge is 2.18. The number of nitrogens with zero attached hydrogens (tertiary/aromatic N) is 3. The molecular formula is C15H15BrN4. The van der Waals surface area contributed by atoms with Crippen molar-refractivity contribution in [2.75, 3.05) is 18.0 Å². The molecule has 3 rings (SSSR count). The number of hydrogen-bond donors (Lipinski definition) is 1. The number of rotatable bonds is 1. The quantitative estimate of drug-likeness (QED) is 0.873. The minimum atomic E-state index is 0.290. The van der Waals surface area contributed by atoms with Crippen LogP contribution < -0.4 is 10.6 Å². The zero-order chi connectivity index (χ0) is 14.1. The molecular weight excluding hydrogens is 316 g/mol. The predicted octanol–water partition coefficient (Wildman–Crippen LogP) is 2.80. The monoisotopic (exact) mass is 330 g/mol. The number of fused-ring (bicyclic) bond motifs is 1. The van der Waals surface area contributed by atoms with Crippen LogP contribution in [0.15, 0.2) is 28.7 Å². The van der Waals surface area contributed by atoms with Crippen molar-refractivity contribution in [3.05, 3.63) is 34.3 Å². The number of anilines is 1. The van der Waals surface area contributed by atoms with Gasteiger partial charge in [0.25, 0.3) is 0 Å². The molecule has 1 aliphatic heterocycles. The van der Waals surface area contributed by atoms with Crippen molar-refractivity contribution < 1.29 is 0 Å². The number of aromatic nitrogens is 1. The van der Waals surface area contributed by atoms with Crippen LogP contribution in [0.25, 0.3) is 10.9 Å². The van der Waals surface area contributed by atoms with Crippen molar-refractivity contribution in [1.82, 2.24) is 4.98 Å². The van der Waals surface area contributed by atoms with Crippen molar-refractivity contribution in [2.24, 2.45) is 5.73 Å². The van der Waals surface area contributed by atoms with E-state index in [0.29, 0.717) is 5.56 Å². The molecule has 1 aliphatic rings. The summed E-state index contributed by atoms with van der Waals surface area (Å²) in [6.07, 6.45) is 1.95. The molecule has 1 fully saturated rings. The summed E-state index contributed by atoms with van der Waals surface area (Å²) in [6.45, 7) is 1.81. The number of halogens is 1. The molecule has 0 atom stereocenters. The lowest BCUT2D eigenvalue weighted by molar-refractivity contribution is 0.499. The van der Waals surface area contributed by atoms with Gasteiger partial charge in [-0.1, -0.05) is 15.9 Å². The third-order valence-corrected chi connectivity index (χ3v) is 4.23. The van der Waals surface area contributed by atoms with Crippen LogP contribution in [0.2, 0.25) is 0 Å². The van der Waals surface area contributed by atoms with Gasteiger partial charge in [-0.15, -0.1) is 0 Å². The highest BCUT2D eigenvalue weighted by atomic mass is 79.9. The minimum Gasteiger partial charge on any atom is -0.356 e. The van der Waals surface area contributed by atoms with Gasteiger partial charge in [0.1, 0.15) is 5.82 Å². The molecule has 0 amide bonds. The molecule has 2 N–H and O–H groups in total. The first kappa shape index (κ1) is 13.3. The van der Waals surface area contributed by atoms with E-state index in [1.54, 1.807) is 0 Å². The van der Waals surface area contributed by atoms with Crippen molar-refractivity contribution >= 4 is 32.7 Å². The Hall–Kier alpha value is -1.64. The number of nitriles is 1. The number of nitrogens with two attached hydrogens (primary N) is 1. The summed E-state index contributed by atoms with van der Waals surface area (Å²) in [5.41, 5.74) is 7.46. The lowest BCUT2D eigenvalue weighted by atomic mass is 10.1. The summed E-state index contributed by atoms with van der Waals surface area (Å²) in [5, 5.41) is 10.2. The second-order valence-corrected chi connectivity index (χ2v) is 6.04. The van der Waals surface area contributed by atoms with Gasteiger partial charge >= 0.3 is 0 Å². The first-order valence-electron chi connectivity index (χ1n) is 6.68. The van der Waals surface area contributed by atoms with Gasteiger partial charge in [-0.2, -0.15) is 5.26 Å². The Morgan fingerprint density at radius 1 is 1.30 bits per heavy atom. The molecule has 0 saturated carbocycles. The summed E-state index contributed by atoms with van der Waals surface area (Å²) in [4.78, 5) is 6.90. The van der Waals surface area contributed by atoms with Gasteiger partial charge in [0, 0.05) is 29.0 Å². The lowest BCUT2D eigenvalue weighted by Gasteiger charge is -2.31. The average Bonchev–Trinajstić information content (AvgIpc) is 2.47. The van der Waals surface area contributed by atoms with Crippen LogP contribution in [0.5, 0.6) is 0 Å². The number of piperidine rings is 1. The lowest BCUT2D eigenvalue weighted by Crippen LogP contribution is -2.40. The summed E-state index contributed by atoms with van der Waals surface area (Å²) in [6, 6.07) is 10.3. The average molecular weight is 331 g/mol. The van der Waals surface area contributed by atoms with Crippen molar-refractivity contribution in [3.8, 4) is 6.07 Å². The Balaban J connectivity index is 2.05. The fourth-order valence-corrected chi connectivity index (χ4v) is 2.93. The van der Waals surface area contributed by atoms with Gasteiger partial charge in [0.15, 0.2) is 0 Å². The van der Waals surface area contributed by atoms with Crippen molar-refractivity contribution in [1.29, 1.82) is 5.26 Å². The van der Waals surface area contributed by atoms with E-state index in [4.69, 9.17) is 5.73 Å². The van der Waals surface area contributed by atoms with Gasteiger partial charge in [-0.3, -0.25) is 0 Å². The van der Waals surface area contributed by atoms with E-state index in [1.165, 1.54) is 0 Å². The molecule has 0 bridgehead atoms. The molecule has 2 heterocycles. The molecule has 0 radical (unpaired) electrons. The maximum absolute atomic E-state index is 9.36. The molecule has 102 valence electrons. The zero-order valence-electron chi connectivity index (χ0n) is 11.0. The molecule has 0 unspecified atom stereocenters. The van der Waals surface area contributed by atoms with E-state index in [0.717, 1.165) is 47.1 Å². The Labute approximate surface area is 126 Å². The largest absolute Gasteiger partial charge is 0.356 e. The van der Waals surface area contributed by atoms with Crippen molar-refractivity contribution in [2.45, 2.75) is 18.9 Å². The first-order chi connectivity index (χ1) is 9.67. The number of pyridine rings is 1. The van der Waals surface area contributed by atoms with E-state index >= 15 is 0 Å². The van der Waals surface area contributed by atoms with Gasteiger partial charge in [0.2, 0.25) is 0 Å². The minimum absolute atomic E-state index is 0.290. The third kappa shape index (κ3) is 2.49. The van der Waals surface area contributed by atoms with Crippen LogP contribution in [-0.2, 0) is 0 Å². The molecule has 1 saturated heterocycles. The molecule has 20 heavy (non-hydrogen) atoms. The molecule has 5 heteroatoms. The van der Waals surface area contributed by atoms with E-state index in [2.05, 4.69) is 31.9 Å².